The minimum absolute atomic E-state index is 0.646. The molecule has 1 atom stereocenters. The second-order valence-corrected chi connectivity index (χ2v) is 5.17. The predicted molar refractivity (Wildman–Crippen MR) is 70.6 cm³/mol. The van der Waals surface area contributed by atoms with E-state index in [1.807, 2.05) is 29.6 Å². The monoisotopic (exact) mass is 262 g/mol. The molecule has 3 nitrogen and oxygen atoms in total. The van der Waals surface area contributed by atoms with Crippen LogP contribution in [-0.2, 0) is 6.42 Å². The van der Waals surface area contributed by atoms with Crippen LogP contribution in [-0.4, -0.2) is 18.8 Å². The summed E-state index contributed by atoms with van der Waals surface area (Å²) in [5, 5.41) is 12.3. The van der Waals surface area contributed by atoms with Gasteiger partial charge in [-0.2, -0.15) is 0 Å². The Morgan fingerprint density at radius 1 is 1.44 bits per heavy atom. The highest BCUT2D eigenvalue weighted by Gasteiger charge is 2.22. The molecule has 0 fully saturated rings. The zero-order chi connectivity index (χ0) is 12.5. The molecule has 0 bridgehead atoms. The van der Waals surface area contributed by atoms with E-state index in [1.54, 1.807) is 7.11 Å². The fourth-order valence-electron chi connectivity index (χ4n) is 2.19. The summed E-state index contributed by atoms with van der Waals surface area (Å²) >= 11 is 1.49. The van der Waals surface area contributed by atoms with Crippen molar-refractivity contribution in [3.63, 3.8) is 0 Å². The predicted octanol–water partition coefficient (Wildman–Crippen LogP) is 2.77. The maximum absolute atomic E-state index is 10.4. The molecule has 1 aliphatic heterocycles. The first-order chi connectivity index (χ1) is 8.79. The Hall–Kier alpha value is -1.52. The third-order valence-corrected chi connectivity index (χ3v) is 4.10. The lowest BCUT2D eigenvalue weighted by molar-refractivity contribution is 0.217. The zero-order valence-electron chi connectivity index (χ0n) is 10.1. The SMILES string of the molecule is COc1csc(C(O)c2cccc3c2OCC3)c1. The number of hydrogen-bond acceptors (Lipinski definition) is 4. The average Bonchev–Trinajstić information content (AvgIpc) is 3.05. The van der Waals surface area contributed by atoms with Crippen molar-refractivity contribution in [2.45, 2.75) is 12.5 Å². The first-order valence-electron chi connectivity index (χ1n) is 5.84. The van der Waals surface area contributed by atoms with Crippen molar-refractivity contribution >= 4 is 11.3 Å². The summed E-state index contributed by atoms with van der Waals surface area (Å²) in [6.45, 7) is 0.701. The number of para-hydroxylation sites is 1. The summed E-state index contributed by atoms with van der Waals surface area (Å²) in [6.07, 6.45) is 0.274. The number of aliphatic hydroxyl groups is 1. The summed E-state index contributed by atoms with van der Waals surface area (Å²) < 4.78 is 10.8. The molecule has 2 aromatic rings. The lowest BCUT2D eigenvalue weighted by atomic mass is 10.0. The van der Waals surface area contributed by atoms with Gasteiger partial charge in [0, 0.05) is 22.2 Å². The number of ether oxygens (including phenoxy) is 2. The number of rotatable bonds is 3. The smallest absolute Gasteiger partial charge is 0.129 e. The quantitative estimate of drug-likeness (QED) is 0.924. The number of fused-ring (bicyclic) bond motifs is 1. The molecule has 1 N–H and O–H groups in total. The van der Waals surface area contributed by atoms with E-state index in [1.165, 1.54) is 16.9 Å². The molecule has 1 aliphatic rings. The lowest BCUT2D eigenvalue weighted by Gasteiger charge is -2.13. The molecule has 0 spiro atoms. The Morgan fingerprint density at radius 3 is 3.11 bits per heavy atom. The van der Waals surface area contributed by atoms with Crippen LogP contribution in [0.15, 0.2) is 29.6 Å². The summed E-state index contributed by atoms with van der Waals surface area (Å²) in [5.41, 5.74) is 2.02. The van der Waals surface area contributed by atoms with Crippen molar-refractivity contribution in [2.24, 2.45) is 0 Å². The fourth-order valence-corrected chi connectivity index (χ4v) is 3.05. The van der Waals surface area contributed by atoms with Crippen molar-refractivity contribution < 1.29 is 14.6 Å². The summed E-state index contributed by atoms with van der Waals surface area (Å²) in [7, 11) is 1.63. The van der Waals surface area contributed by atoms with Crippen LogP contribution in [0, 0.1) is 0 Å². The number of benzene rings is 1. The van der Waals surface area contributed by atoms with E-state index in [0.717, 1.165) is 28.4 Å². The van der Waals surface area contributed by atoms with Crippen molar-refractivity contribution in [3.8, 4) is 11.5 Å². The maximum atomic E-state index is 10.4. The molecule has 3 rings (SSSR count). The molecule has 2 heterocycles. The van der Waals surface area contributed by atoms with Gasteiger partial charge in [0.1, 0.15) is 17.6 Å². The van der Waals surface area contributed by atoms with Crippen LogP contribution in [0.5, 0.6) is 11.5 Å². The minimum Gasteiger partial charge on any atom is -0.496 e. The Kier molecular flexibility index (Phi) is 2.97. The molecule has 1 aromatic carbocycles. The number of hydrogen-bond donors (Lipinski definition) is 1. The molecule has 94 valence electrons. The average molecular weight is 262 g/mol. The molecule has 4 heteroatoms. The van der Waals surface area contributed by atoms with E-state index >= 15 is 0 Å². The van der Waals surface area contributed by atoms with Gasteiger partial charge >= 0.3 is 0 Å². The second-order valence-electron chi connectivity index (χ2n) is 4.23. The molecule has 1 unspecified atom stereocenters. The van der Waals surface area contributed by atoms with Gasteiger partial charge in [0.15, 0.2) is 0 Å². The van der Waals surface area contributed by atoms with Crippen molar-refractivity contribution in [1.82, 2.24) is 0 Å². The highest BCUT2D eigenvalue weighted by Crippen LogP contribution is 2.38. The van der Waals surface area contributed by atoms with Gasteiger partial charge in [-0.3, -0.25) is 0 Å². The first-order valence-corrected chi connectivity index (χ1v) is 6.72. The van der Waals surface area contributed by atoms with Gasteiger partial charge in [0.2, 0.25) is 0 Å². The van der Waals surface area contributed by atoms with Crippen LogP contribution in [0.4, 0.5) is 0 Å². The molecular formula is C14H14O3S. The molecule has 0 aliphatic carbocycles. The normalized spacial score (nSPS) is 15.0. The Bertz CT molecular complexity index is 562. The van der Waals surface area contributed by atoms with Gasteiger partial charge in [0.25, 0.3) is 0 Å². The zero-order valence-corrected chi connectivity index (χ0v) is 10.9. The van der Waals surface area contributed by atoms with Crippen molar-refractivity contribution in [3.05, 3.63) is 45.6 Å². The van der Waals surface area contributed by atoms with E-state index in [0.29, 0.717) is 6.61 Å². The third-order valence-electron chi connectivity index (χ3n) is 3.14. The van der Waals surface area contributed by atoms with Gasteiger partial charge < -0.3 is 14.6 Å². The van der Waals surface area contributed by atoms with Gasteiger partial charge in [0.05, 0.1) is 13.7 Å². The van der Waals surface area contributed by atoms with Crippen molar-refractivity contribution in [1.29, 1.82) is 0 Å². The Balaban J connectivity index is 1.97. The van der Waals surface area contributed by atoms with Crippen LogP contribution in [0.3, 0.4) is 0 Å². The van der Waals surface area contributed by atoms with E-state index in [4.69, 9.17) is 9.47 Å². The third kappa shape index (κ3) is 1.87. The molecule has 1 aromatic heterocycles. The van der Waals surface area contributed by atoms with Gasteiger partial charge in [-0.25, -0.2) is 0 Å². The van der Waals surface area contributed by atoms with E-state index in [9.17, 15) is 5.11 Å². The topological polar surface area (TPSA) is 38.7 Å². The van der Waals surface area contributed by atoms with Crippen LogP contribution in [0.1, 0.15) is 22.1 Å². The maximum Gasteiger partial charge on any atom is 0.129 e. The Morgan fingerprint density at radius 2 is 2.33 bits per heavy atom. The van der Waals surface area contributed by atoms with Crippen molar-refractivity contribution in [2.75, 3.05) is 13.7 Å². The largest absolute Gasteiger partial charge is 0.496 e. The van der Waals surface area contributed by atoms with Gasteiger partial charge in [-0.1, -0.05) is 18.2 Å². The molecule has 18 heavy (non-hydrogen) atoms. The summed E-state index contributed by atoms with van der Waals surface area (Å²) in [5.74, 6) is 1.62. The Labute approximate surface area is 110 Å². The second kappa shape index (κ2) is 4.63. The van der Waals surface area contributed by atoms with E-state index in [-0.39, 0.29) is 0 Å². The minimum atomic E-state index is -0.646. The molecule has 0 saturated heterocycles. The van der Waals surface area contributed by atoms with Crippen LogP contribution in [0.25, 0.3) is 0 Å². The number of aliphatic hydroxyl groups excluding tert-OH is 1. The molecule has 0 amide bonds. The number of thiophene rings is 1. The van der Waals surface area contributed by atoms with E-state index in [2.05, 4.69) is 0 Å². The fraction of sp³-hybridized carbons (Fsp3) is 0.286. The lowest BCUT2D eigenvalue weighted by Crippen LogP contribution is -2.00. The van der Waals surface area contributed by atoms with Gasteiger partial charge in [-0.15, -0.1) is 11.3 Å². The number of methoxy groups -OCH3 is 1. The summed E-state index contributed by atoms with van der Waals surface area (Å²) in [4.78, 5) is 0.871. The van der Waals surface area contributed by atoms with Gasteiger partial charge in [-0.05, 0) is 11.6 Å². The first kappa shape index (κ1) is 11.6. The highest BCUT2D eigenvalue weighted by atomic mass is 32.1. The van der Waals surface area contributed by atoms with Crippen LogP contribution < -0.4 is 9.47 Å². The van der Waals surface area contributed by atoms with Crippen LogP contribution in [0.2, 0.25) is 0 Å². The highest BCUT2D eigenvalue weighted by molar-refractivity contribution is 7.10. The molecule has 0 radical (unpaired) electrons. The standard InChI is InChI=1S/C14H14O3S/c1-16-10-7-12(18-8-10)13(15)11-4-2-3-9-5-6-17-14(9)11/h2-4,7-8,13,15H,5-6H2,1H3. The summed E-state index contributed by atoms with van der Waals surface area (Å²) in [6, 6.07) is 7.80. The molecular weight excluding hydrogens is 248 g/mol. The molecule has 0 saturated carbocycles. The van der Waals surface area contributed by atoms with Crippen LogP contribution >= 0.6 is 11.3 Å². The van der Waals surface area contributed by atoms with E-state index < -0.39 is 6.10 Å².